The van der Waals surface area contributed by atoms with Gasteiger partial charge in [-0.15, -0.1) is 0 Å². The lowest BCUT2D eigenvalue weighted by Crippen LogP contribution is -2.07. The molecule has 28 heavy (non-hydrogen) atoms. The van der Waals surface area contributed by atoms with Crippen LogP contribution < -0.4 is 9.47 Å². The number of nitrogens with zero attached hydrogens (tertiary/aromatic N) is 1. The Bertz CT molecular complexity index is 778. The Hall–Kier alpha value is -2.67. The first-order valence-corrected chi connectivity index (χ1v) is 10.0. The molecule has 0 fully saturated rings. The molecule has 0 atom stereocenters. The van der Waals surface area contributed by atoms with Crippen molar-refractivity contribution in [1.82, 2.24) is 0 Å². The third-order valence-corrected chi connectivity index (χ3v) is 4.74. The number of ether oxygens (including phenoxy) is 2. The molecule has 4 heteroatoms. The van der Waals surface area contributed by atoms with Gasteiger partial charge < -0.3 is 14.6 Å². The molecular formula is C24H31NO3. The topological polar surface area (TPSA) is 62.5 Å². The molecule has 0 spiro atoms. The number of benzene rings is 2. The number of aryl methyl sites for hydroxylation is 1. The molecule has 0 aliphatic rings. The highest BCUT2D eigenvalue weighted by Crippen LogP contribution is 2.39. The molecule has 2 aromatic rings. The van der Waals surface area contributed by atoms with Gasteiger partial charge >= 0.3 is 0 Å². The number of phenols is 1. The molecule has 0 saturated heterocycles. The number of phenolic OH excluding ortho intramolecular Hbond substituents is 1. The maximum Gasteiger partial charge on any atom is 0.203 e. The van der Waals surface area contributed by atoms with E-state index >= 15 is 0 Å². The molecule has 0 unspecified atom stereocenters. The number of nitriles is 1. The SMILES string of the molecule is CCc1cc(O)c(OCc2ccccc2)c(OCCCCCC(C)(C)C#N)c1. The first-order chi connectivity index (χ1) is 13.4. The number of rotatable bonds is 11. The van der Waals surface area contributed by atoms with Gasteiger partial charge in [0.15, 0.2) is 11.5 Å². The molecule has 0 heterocycles. The third kappa shape index (κ3) is 6.81. The van der Waals surface area contributed by atoms with Gasteiger partial charge in [0.1, 0.15) is 6.61 Å². The summed E-state index contributed by atoms with van der Waals surface area (Å²) in [7, 11) is 0. The lowest BCUT2D eigenvalue weighted by atomic mass is 9.89. The largest absolute Gasteiger partial charge is 0.504 e. The number of hydrogen-bond acceptors (Lipinski definition) is 4. The molecule has 2 aromatic carbocycles. The molecule has 150 valence electrons. The normalized spacial score (nSPS) is 11.1. The van der Waals surface area contributed by atoms with Crippen LogP contribution in [0.1, 0.15) is 57.6 Å². The van der Waals surface area contributed by atoms with Gasteiger partial charge in [-0.05, 0) is 56.4 Å². The molecule has 1 N–H and O–H groups in total. The molecule has 0 aromatic heterocycles. The van der Waals surface area contributed by atoms with E-state index in [9.17, 15) is 5.11 Å². The standard InChI is InChI=1S/C24H31NO3/c1-4-19-15-21(26)23(28-17-20-11-7-5-8-12-20)22(16-19)27-14-10-6-9-13-24(2,3)18-25/h5,7-8,11-12,15-16,26H,4,6,9-10,13-14,17H2,1-3H3. The van der Waals surface area contributed by atoms with Gasteiger partial charge in [0.25, 0.3) is 0 Å². The van der Waals surface area contributed by atoms with Crippen LogP contribution in [-0.4, -0.2) is 11.7 Å². The molecule has 0 bridgehead atoms. The van der Waals surface area contributed by atoms with E-state index in [2.05, 4.69) is 6.07 Å². The van der Waals surface area contributed by atoms with Gasteiger partial charge in [0.2, 0.25) is 5.75 Å². The van der Waals surface area contributed by atoms with Crippen molar-refractivity contribution in [2.45, 2.75) is 59.5 Å². The highest BCUT2D eigenvalue weighted by atomic mass is 16.5. The zero-order valence-corrected chi connectivity index (χ0v) is 17.2. The van der Waals surface area contributed by atoms with Crippen molar-refractivity contribution < 1.29 is 14.6 Å². The van der Waals surface area contributed by atoms with Crippen molar-refractivity contribution in [3.63, 3.8) is 0 Å². The summed E-state index contributed by atoms with van der Waals surface area (Å²) in [6.45, 7) is 6.92. The second-order valence-corrected chi connectivity index (χ2v) is 7.72. The smallest absolute Gasteiger partial charge is 0.203 e. The van der Waals surface area contributed by atoms with Crippen molar-refractivity contribution in [3.05, 3.63) is 53.6 Å². The van der Waals surface area contributed by atoms with Gasteiger partial charge in [-0.3, -0.25) is 0 Å². The van der Waals surface area contributed by atoms with Crippen LogP contribution in [0.4, 0.5) is 0 Å². The van der Waals surface area contributed by atoms with Crippen LogP contribution in [0, 0.1) is 16.7 Å². The van der Waals surface area contributed by atoms with E-state index in [0.29, 0.717) is 24.7 Å². The summed E-state index contributed by atoms with van der Waals surface area (Å²) in [5.41, 5.74) is 1.78. The predicted molar refractivity (Wildman–Crippen MR) is 112 cm³/mol. The van der Waals surface area contributed by atoms with Crippen LogP contribution in [0.2, 0.25) is 0 Å². The molecular weight excluding hydrogens is 350 g/mol. The van der Waals surface area contributed by atoms with Crippen LogP contribution in [0.25, 0.3) is 0 Å². The van der Waals surface area contributed by atoms with Crippen LogP contribution in [0.15, 0.2) is 42.5 Å². The summed E-state index contributed by atoms with van der Waals surface area (Å²) in [4.78, 5) is 0. The van der Waals surface area contributed by atoms with Crippen molar-refractivity contribution in [2.24, 2.45) is 5.41 Å². The van der Waals surface area contributed by atoms with Gasteiger partial charge in [-0.1, -0.05) is 50.1 Å². The third-order valence-electron chi connectivity index (χ3n) is 4.74. The Balaban J connectivity index is 1.93. The maximum atomic E-state index is 10.4. The first kappa shape index (κ1) is 21.6. The minimum absolute atomic E-state index is 0.112. The molecule has 0 saturated carbocycles. The summed E-state index contributed by atoms with van der Waals surface area (Å²) in [5.74, 6) is 1.10. The molecule has 2 rings (SSSR count). The van der Waals surface area contributed by atoms with Crippen molar-refractivity contribution in [3.8, 4) is 23.3 Å². The fourth-order valence-corrected chi connectivity index (χ4v) is 2.91. The zero-order valence-electron chi connectivity index (χ0n) is 17.2. The van der Waals surface area contributed by atoms with E-state index in [1.165, 1.54) is 0 Å². The Morgan fingerprint density at radius 3 is 2.43 bits per heavy atom. The first-order valence-electron chi connectivity index (χ1n) is 10.0. The Labute approximate surface area is 168 Å². The van der Waals surface area contributed by atoms with E-state index in [-0.39, 0.29) is 11.2 Å². The van der Waals surface area contributed by atoms with E-state index in [1.807, 2.05) is 57.2 Å². The van der Waals surface area contributed by atoms with Crippen molar-refractivity contribution >= 4 is 0 Å². The van der Waals surface area contributed by atoms with Crippen LogP contribution >= 0.6 is 0 Å². The van der Waals surface area contributed by atoms with Crippen LogP contribution in [-0.2, 0) is 13.0 Å². The van der Waals surface area contributed by atoms with Crippen molar-refractivity contribution in [2.75, 3.05) is 6.61 Å². The highest BCUT2D eigenvalue weighted by Gasteiger charge is 2.16. The fraction of sp³-hybridized carbons (Fsp3) is 0.458. The van der Waals surface area contributed by atoms with Crippen LogP contribution in [0.5, 0.6) is 17.2 Å². The Kier molecular flexibility index (Phi) is 8.19. The quantitative estimate of drug-likeness (QED) is 0.483. The summed E-state index contributed by atoms with van der Waals surface area (Å²) >= 11 is 0. The second-order valence-electron chi connectivity index (χ2n) is 7.72. The van der Waals surface area contributed by atoms with Crippen LogP contribution in [0.3, 0.4) is 0 Å². The molecule has 0 aliphatic carbocycles. The summed E-state index contributed by atoms with van der Waals surface area (Å²) in [6.07, 6.45) is 4.61. The fourth-order valence-electron chi connectivity index (χ4n) is 2.91. The number of hydrogen-bond donors (Lipinski definition) is 1. The number of aromatic hydroxyl groups is 1. The molecule has 0 aliphatic heterocycles. The maximum absolute atomic E-state index is 10.4. The summed E-state index contributed by atoms with van der Waals surface area (Å²) in [6, 6.07) is 15.9. The van der Waals surface area contributed by atoms with Gasteiger partial charge in [-0.2, -0.15) is 5.26 Å². The average molecular weight is 382 g/mol. The molecule has 4 nitrogen and oxygen atoms in total. The lowest BCUT2D eigenvalue weighted by Gasteiger charge is -2.16. The summed E-state index contributed by atoms with van der Waals surface area (Å²) in [5, 5.41) is 19.5. The predicted octanol–water partition coefficient (Wildman–Crippen LogP) is 6.02. The average Bonchev–Trinajstić information content (AvgIpc) is 2.70. The van der Waals surface area contributed by atoms with Gasteiger partial charge in [0.05, 0.1) is 18.1 Å². The minimum atomic E-state index is -0.263. The molecule has 0 amide bonds. The van der Waals surface area contributed by atoms with Gasteiger partial charge in [0, 0.05) is 0 Å². The lowest BCUT2D eigenvalue weighted by molar-refractivity contribution is 0.246. The summed E-state index contributed by atoms with van der Waals surface area (Å²) < 4.78 is 11.8. The zero-order chi connectivity index (χ0) is 20.4. The Morgan fingerprint density at radius 2 is 1.75 bits per heavy atom. The Morgan fingerprint density at radius 1 is 1.00 bits per heavy atom. The molecule has 0 radical (unpaired) electrons. The number of unbranched alkanes of at least 4 members (excludes halogenated alkanes) is 2. The second kappa shape index (κ2) is 10.6. The van der Waals surface area contributed by atoms with Gasteiger partial charge in [-0.25, -0.2) is 0 Å². The van der Waals surface area contributed by atoms with E-state index in [0.717, 1.165) is 43.2 Å². The highest BCUT2D eigenvalue weighted by molar-refractivity contribution is 5.53. The minimum Gasteiger partial charge on any atom is -0.504 e. The van der Waals surface area contributed by atoms with E-state index in [1.54, 1.807) is 6.07 Å². The van der Waals surface area contributed by atoms with E-state index < -0.39 is 0 Å². The monoisotopic (exact) mass is 381 g/mol. The van der Waals surface area contributed by atoms with E-state index in [4.69, 9.17) is 14.7 Å². The van der Waals surface area contributed by atoms with Crippen molar-refractivity contribution in [1.29, 1.82) is 5.26 Å².